The number of nitrogens with zero attached hydrogens (tertiary/aromatic N) is 3. The van der Waals surface area contributed by atoms with Crippen LogP contribution >= 0.6 is 0 Å². The Labute approximate surface area is 87.5 Å². The van der Waals surface area contributed by atoms with Crippen LogP contribution in [0.5, 0.6) is 5.75 Å². The zero-order valence-electron chi connectivity index (χ0n) is 8.21. The molecule has 0 unspecified atom stereocenters. The lowest BCUT2D eigenvalue weighted by Gasteiger charge is -2.06. The van der Waals surface area contributed by atoms with Crippen molar-refractivity contribution in [3.63, 3.8) is 0 Å². The quantitative estimate of drug-likeness (QED) is 0.792. The Morgan fingerprint density at radius 3 is 3.07 bits per heavy atom. The van der Waals surface area contributed by atoms with Gasteiger partial charge in [0.15, 0.2) is 0 Å². The van der Waals surface area contributed by atoms with Crippen molar-refractivity contribution in [1.82, 2.24) is 14.8 Å². The van der Waals surface area contributed by atoms with E-state index in [2.05, 4.69) is 10.1 Å². The van der Waals surface area contributed by atoms with Gasteiger partial charge < -0.3 is 10.5 Å². The third-order valence-corrected chi connectivity index (χ3v) is 1.89. The Bertz CT molecular complexity index is 413. The molecule has 78 valence electrons. The molecule has 0 saturated heterocycles. The van der Waals surface area contributed by atoms with Crippen molar-refractivity contribution in [3.05, 3.63) is 36.9 Å². The van der Waals surface area contributed by atoms with Crippen molar-refractivity contribution in [3.8, 4) is 11.4 Å². The van der Waals surface area contributed by atoms with Gasteiger partial charge in [-0.2, -0.15) is 5.10 Å². The number of hydrogen-bond acceptors (Lipinski definition) is 4. The molecule has 0 aliphatic carbocycles. The fourth-order valence-corrected chi connectivity index (χ4v) is 1.23. The zero-order valence-corrected chi connectivity index (χ0v) is 8.21. The summed E-state index contributed by atoms with van der Waals surface area (Å²) in [6.45, 7) is 1.02. The highest BCUT2D eigenvalue weighted by molar-refractivity contribution is 5.38. The zero-order chi connectivity index (χ0) is 10.5. The third-order valence-electron chi connectivity index (χ3n) is 1.89. The third kappa shape index (κ3) is 2.32. The van der Waals surface area contributed by atoms with Crippen molar-refractivity contribution >= 4 is 0 Å². The Hall–Kier alpha value is -1.88. The minimum Gasteiger partial charge on any atom is -0.492 e. The average Bonchev–Trinajstić information content (AvgIpc) is 2.80. The maximum absolute atomic E-state index is 5.41. The number of rotatable bonds is 4. The summed E-state index contributed by atoms with van der Waals surface area (Å²) >= 11 is 0. The maximum atomic E-state index is 5.41. The van der Waals surface area contributed by atoms with Crippen LogP contribution in [-0.2, 0) is 0 Å². The van der Waals surface area contributed by atoms with Gasteiger partial charge >= 0.3 is 0 Å². The van der Waals surface area contributed by atoms with Crippen LogP contribution in [0.3, 0.4) is 0 Å². The molecule has 2 rings (SSSR count). The second-order valence-corrected chi connectivity index (χ2v) is 2.97. The van der Waals surface area contributed by atoms with E-state index < -0.39 is 0 Å². The summed E-state index contributed by atoms with van der Waals surface area (Å²) in [5, 5.41) is 4.03. The Morgan fingerprint density at radius 2 is 2.33 bits per heavy atom. The van der Waals surface area contributed by atoms with Crippen LogP contribution in [0.25, 0.3) is 5.69 Å². The van der Waals surface area contributed by atoms with Crippen LogP contribution in [0.4, 0.5) is 0 Å². The van der Waals surface area contributed by atoms with Gasteiger partial charge in [-0.15, -0.1) is 0 Å². The van der Waals surface area contributed by atoms with E-state index >= 15 is 0 Å². The van der Waals surface area contributed by atoms with Crippen molar-refractivity contribution in [2.75, 3.05) is 13.2 Å². The minimum atomic E-state index is 0.507. The smallest absolute Gasteiger partial charge is 0.138 e. The molecule has 15 heavy (non-hydrogen) atoms. The number of ether oxygens (including phenoxy) is 1. The largest absolute Gasteiger partial charge is 0.492 e. The van der Waals surface area contributed by atoms with Crippen LogP contribution in [0, 0.1) is 0 Å². The first-order valence-electron chi connectivity index (χ1n) is 4.68. The van der Waals surface area contributed by atoms with E-state index in [9.17, 15) is 0 Å². The first-order valence-corrected chi connectivity index (χ1v) is 4.68. The molecule has 0 aliphatic rings. The van der Waals surface area contributed by atoms with E-state index in [1.165, 1.54) is 6.33 Å². The molecule has 1 aromatic heterocycles. The van der Waals surface area contributed by atoms with Crippen LogP contribution in [-0.4, -0.2) is 27.9 Å². The standard InChI is InChI=1S/C10H12N4O/c11-4-5-15-10-3-1-2-9(6-10)14-8-12-7-13-14/h1-3,6-8H,4-5,11H2. The molecule has 1 aromatic carbocycles. The van der Waals surface area contributed by atoms with E-state index in [-0.39, 0.29) is 0 Å². The first kappa shape index (κ1) is 9.67. The highest BCUT2D eigenvalue weighted by Crippen LogP contribution is 2.15. The Kier molecular flexibility index (Phi) is 2.94. The van der Waals surface area contributed by atoms with Gasteiger partial charge in [0, 0.05) is 12.6 Å². The fraction of sp³-hybridized carbons (Fsp3) is 0.200. The molecule has 0 aliphatic heterocycles. The Balaban J connectivity index is 2.19. The second kappa shape index (κ2) is 4.56. The average molecular weight is 204 g/mol. The topological polar surface area (TPSA) is 66.0 Å². The summed E-state index contributed by atoms with van der Waals surface area (Å²) in [5.41, 5.74) is 6.27. The first-order chi connectivity index (χ1) is 7.40. The summed E-state index contributed by atoms with van der Waals surface area (Å²) in [6, 6.07) is 7.62. The molecule has 0 saturated carbocycles. The Morgan fingerprint density at radius 1 is 1.40 bits per heavy atom. The minimum absolute atomic E-state index is 0.507. The number of aromatic nitrogens is 3. The molecule has 5 heteroatoms. The number of benzene rings is 1. The van der Waals surface area contributed by atoms with Crippen LogP contribution in [0.15, 0.2) is 36.9 Å². The van der Waals surface area contributed by atoms with Crippen molar-refractivity contribution in [2.45, 2.75) is 0 Å². The fourth-order valence-electron chi connectivity index (χ4n) is 1.23. The van der Waals surface area contributed by atoms with Crippen LogP contribution in [0.1, 0.15) is 0 Å². The van der Waals surface area contributed by atoms with Gasteiger partial charge in [-0.25, -0.2) is 9.67 Å². The molecule has 2 N–H and O–H groups in total. The van der Waals surface area contributed by atoms with Crippen molar-refractivity contribution in [2.24, 2.45) is 5.73 Å². The summed E-state index contributed by atoms with van der Waals surface area (Å²) in [7, 11) is 0. The molecule has 1 heterocycles. The van der Waals surface area contributed by atoms with Gasteiger partial charge in [0.25, 0.3) is 0 Å². The molecule has 0 amide bonds. The van der Waals surface area contributed by atoms with Gasteiger partial charge in [-0.1, -0.05) is 6.07 Å². The van der Waals surface area contributed by atoms with Gasteiger partial charge in [0.05, 0.1) is 5.69 Å². The lowest BCUT2D eigenvalue weighted by Crippen LogP contribution is -2.10. The van der Waals surface area contributed by atoms with Crippen molar-refractivity contribution in [1.29, 1.82) is 0 Å². The monoisotopic (exact) mass is 204 g/mol. The maximum Gasteiger partial charge on any atom is 0.138 e. The summed E-state index contributed by atoms with van der Waals surface area (Å²) in [6.07, 6.45) is 3.13. The highest BCUT2D eigenvalue weighted by atomic mass is 16.5. The predicted octanol–water partition coefficient (Wildman–Crippen LogP) is 0.605. The lowest BCUT2D eigenvalue weighted by molar-refractivity contribution is 0.328. The summed E-state index contributed by atoms with van der Waals surface area (Å²) in [4.78, 5) is 3.88. The lowest BCUT2D eigenvalue weighted by atomic mass is 10.3. The molecular formula is C10H12N4O. The molecule has 5 nitrogen and oxygen atoms in total. The molecular weight excluding hydrogens is 192 g/mol. The predicted molar refractivity (Wildman–Crippen MR) is 55.9 cm³/mol. The van der Waals surface area contributed by atoms with E-state index in [4.69, 9.17) is 10.5 Å². The van der Waals surface area contributed by atoms with E-state index in [1.54, 1.807) is 11.0 Å². The van der Waals surface area contributed by atoms with Gasteiger partial charge in [-0.05, 0) is 12.1 Å². The van der Waals surface area contributed by atoms with Crippen LogP contribution < -0.4 is 10.5 Å². The van der Waals surface area contributed by atoms with E-state index in [0.29, 0.717) is 13.2 Å². The SMILES string of the molecule is NCCOc1cccc(-n2cncn2)c1. The van der Waals surface area contributed by atoms with Crippen molar-refractivity contribution < 1.29 is 4.74 Å². The normalized spacial score (nSPS) is 10.2. The van der Waals surface area contributed by atoms with E-state index in [1.807, 2.05) is 24.3 Å². The van der Waals surface area contributed by atoms with Crippen LogP contribution in [0.2, 0.25) is 0 Å². The molecule has 0 bridgehead atoms. The van der Waals surface area contributed by atoms with E-state index in [0.717, 1.165) is 11.4 Å². The highest BCUT2D eigenvalue weighted by Gasteiger charge is 1.98. The summed E-state index contributed by atoms with van der Waals surface area (Å²) in [5.74, 6) is 0.786. The number of hydrogen-bond donors (Lipinski definition) is 1. The van der Waals surface area contributed by atoms with Gasteiger partial charge in [0.1, 0.15) is 25.0 Å². The molecule has 0 radical (unpaired) electrons. The molecule has 0 spiro atoms. The second-order valence-electron chi connectivity index (χ2n) is 2.97. The van der Waals surface area contributed by atoms with Gasteiger partial charge in [0.2, 0.25) is 0 Å². The summed E-state index contributed by atoms with van der Waals surface area (Å²) < 4.78 is 7.08. The molecule has 0 atom stereocenters. The molecule has 0 fully saturated rings. The van der Waals surface area contributed by atoms with Gasteiger partial charge in [-0.3, -0.25) is 0 Å². The number of nitrogens with two attached hydrogens (primary N) is 1. The molecule has 2 aromatic rings.